The van der Waals surface area contributed by atoms with E-state index in [1.165, 1.54) is 12.1 Å². The second-order valence-corrected chi connectivity index (χ2v) is 3.22. The van der Waals surface area contributed by atoms with Crippen LogP contribution in [0.15, 0.2) is 29.4 Å². The molecule has 0 bridgehead atoms. The first-order valence-electron chi connectivity index (χ1n) is 4.48. The molecule has 0 fully saturated rings. The number of benzene rings is 1. The van der Waals surface area contributed by atoms with E-state index in [2.05, 4.69) is 5.16 Å². The second kappa shape index (κ2) is 3.75. The van der Waals surface area contributed by atoms with Crippen LogP contribution in [0.5, 0.6) is 0 Å². The van der Waals surface area contributed by atoms with E-state index in [0.29, 0.717) is 13.0 Å². The van der Waals surface area contributed by atoms with E-state index in [4.69, 9.17) is 10.6 Å². The standard InChI is InChI=1S/C10H11FN2O/c11-8-3-1-2-7(4-8)10-5-9(6-12)14-13-10/h1-4,9H,5-6,12H2/t9-/m1/s1. The summed E-state index contributed by atoms with van der Waals surface area (Å²) in [6.07, 6.45) is 0.591. The maximum atomic E-state index is 12.9. The highest BCUT2D eigenvalue weighted by Gasteiger charge is 2.20. The van der Waals surface area contributed by atoms with Crippen molar-refractivity contribution < 1.29 is 9.23 Å². The molecule has 1 aliphatic heterocycles. The first-order chi connectivity index (χ1) is 6.79. The number of oxime groups is 1. The van der Waals surface area contributed by atoms with Gasteiger partial charge in [0.25, 0.3) is 0 Å². The van der Waals surface area contributed by atoms with Crippen LogP contribution in [0, 0.1) is 5.82 Å². The molecule has 0 saturated heterocycles. The molecular weight excluding hydrogens is 183 g/mol. The van der Waals surface area contributed by atoms with Crippen LogP contribution in [-0.4, -0.2) is 18.4 Å². The Morgan fingerprint density at radius 2 is 2.43 bits per heavy atom. The zero-order valence-electron chi connectivity index (χ0n) is 7.61. The van der Waals surface area contributed by atoms with Crippen LogP contribution in [0.2, 0.25) is 0 Å². The maximum Gasteiger partial charge on any atom is 0.145 e. The van der Waals surface area contributed by atoms with Gasteiger partial charge in [-0.05, 0) is 12.1 Å². The molecule has 0 spiro atoms. The van der Waals surface area contributed by atoms with Crippen LogP contribution in [0.3, 0.4) is 0 Å². The van der Waals surface area contributed by atoms with E-state index in [1.54, 1.807) is 6.07 Å². The van der Waals surface area contributed by atoms with Crippen LogP contribution in [0.1, 0.15) is 12.0 Å². The van der Waals surface area contributed by atoms with Gasteiger partial charge in [0.2, 0.25) is 0 Å². The van der Waals surface area contributed by atoms with Gasteiger partial charge in [-0.1, -0.05) is 17.3 Å². The van der Waals surface area contributed by atoms with Crippen LogP contribution in [0.4, 0.5) is 4.39 Å². The number of hydrogen-bond acceptors (Lipinski definition) is 3. The fourth-order valence-electron chi connectivity index (χ4n) is 1.39. The molecule has 2 rings (SSSR count). The van der Waals surface area contributed by atoms with Gasteiger partial charge in [-0.2, -0.15) is 0 Å². The first-order valence-corrected chi connectivity index (χ1v) is 4.48. The van der Waals surface area contributed by atoms with Crippen LogP contribution in [0.25, 0.3) is 0 Å². The predicted molar refractivity (Wildman–Crippen MR) is 51.5 cm³/mol. The molecule has 14 heavy (non-hydrogen) atoms. The number of hydrogen-bond donors (Lipinski definition) is 1. The fraction of sp³-hybridized carbons (Fsp3) is 0.300. The van der Waals surface area contributed by atoms with Crippen molar-refractivity contribution in [1.29, 1.82) is 0 Å². The molecule has 4 heteroatoms. The molecule has 1 aromatic rings. The van der Waals surface area contributed by atoms with E-state index in [1.807, 2.05) is 6.07 Å². The number of rotatable bonds is 2. The number of halogens is 1. The molecule has 0 aromatic heterocycles. The van der Waals surface area contributed by atoms with Gasteiger partial charge in [-0.3, -0.25) is 0 Å². The van der Waals surface area contributed by atoms with Gasteiger partial charge in [0, 0.05) is 18.5 Å². The highest BCUT2D eigenvalue weighted by Crippen LogP contribution is 2.16. The van der Waals surface area contributed by atoms with E-state index in [9.17, 15) is 4.39 Å². The SMILES string of the molecule is NC[C@H]1CC(c2cccc(F)c2)=NO1. The third-order valence-electron chi connectivity index (χ3n) is 2.15. The molecule has 1 heterocycles. The van der Waals surface area contributed by atoms with Gasteiger partial charge in [0.05, 0.1) is 5.71 Å². The molecule has 0 saturated carbocycles. The number of nitrogens with two attached hydrogens (primary N) is 1. The third-order valence-corrected chi connectivity index (χ3v) is 2.15. The summed E-state index contributed by atoms with van der Waals surface area (Å²) in [6.45, 7) is 0.433. The summed E-state index contributed by atoms with van der Waals surface area (Å²) in [5.41, 5.74) is 6.96. The molecule has 0 amide bonds. The Labute approximate surface area is 81.4 Å². The Balaban J connectivity index is 2.17. The summed E-state index contributed by atoms with van der Waals surface area (Å²) >= 11 is 0. The van der Waals surface area contributed by atoms with Gasteiger partial charge < -0.3 is 10.6 Å². The lowest BCUT2D eigenvalue weighted by molar-refractivity contribution is 0.0918. The average Bonchev–Trinajstić information content (AvgIpc) is 2.66. The van der Waals surface area contributed by atoms with Crippen molar-refractivity contribution in [2.45, 2.75) is 12.5 Å². The van der Waals surface area contributed by atoms with E-state index in [0.717, 1.165) is 11.3 Å². The summed E-state index contributed by atoms with van der Waals surface area (Å²) in [6, 6.07) is 6.31. The minimum absolute atomic E-state index is 0.0618. The Kier molecular flexibility index (Phi) is 2.45. The van der Waals surface area contributed by atoms with Gasteiger partial charge in [-0.25, -0.2) is 4.39 Å². The molecular formula is C10H11FN2O. The molecule has 0 unspecified atom stereocenters. The quantitative estimate of drug-likeness (QED) is 0.770. The monoisotopic (exact) mass is 194 g/mol. The maximum absolute atomic E-state index is 12.9. The van der Waals surface area contributed by atoms with Crippen molar-refractivity contribution in [3.05, 3.63) is 35.6 Å². The van der Waals surface area contributed by atoms with E-state index in [-0.39, 0.29) is 11.9 Å². The van der Waals surface area contributed by atoms with Crippen molar-refractivity contribution in [2.75, 3.05) is 6.54 Å². The molecule has 0 radical (unpaired) electrons. The summed E-state index contributed by atoms with van der Waals surface area (Å²) in [7, 11) is 0. The highest BCUT2D eigenvalue weighted by molar-refractivity contribution is 6.01. The van der Waals surface area contributed by atoms with Gasteiger partial charge in [-0.15, -0.1) is 0 Å². The summed E-state index contributed by atoms with van der Waals surface area (Å²) in [4.78, 5) is 5.05. The molecule has 0 aliphatic carbocycles. The molecule has 1 atom stereocenters. The number of nitrogens with zero attached hydrogens (tertiary/aromatic N) is 1. The predicted octanol–water partition coefficient (Wildman–Crippen LogP) is 1.28. The second-order valence-electron chi connectivity index (χ2n) is 3.22. The summed E-state index contributed by atoms with van der Waals surface area (Å²) in [5, 5.41) is 3.87. The van der Waals surface area contributed by atoms with Crippen molar-refractivity contribution in [3.63, 3.8) is 0 Å². The molecule has 74 valence electrons. The minimum Gasteiger partial charge on any atom is -0.390 e. The topological polar surface area (TPSA) is 47.6 Å². The Morgan fingerprint density at radius 3 is 3.07 bits per heavy atom. The Hall–Kier alpha value is -1.42. The van der Waals surface area contributed by atoms with Gasteiger partial charge >= 0.3 is 0 Å². The molecule has 1 aromatic carbocycles. The Morgan fingerprint density at radius 1 is 1.57 bits per heavy atom. The molecule has 3 nitrogen and oxygen atoms in total. The zero-order chi connectivity index (χ0) is 9.97. The van der Waals surface area contributed by atoms with Crippen LogP contribution >= 0.6 is 0 Å². The van der Waals surface area contributed by atoms with Crippen molar-refractivity contribution in [2.24, 2.45) is 10.9 Å². The highest BCUT2D eigenvalue weighted by atomic mass is 19.1. The van der Waals surface area contributed by atoms with E-state index >= 15 is 0 Å². The first kappa shape index (κ1) is 9.15. The zero-order valence-corrected chi connectivity index (χ0v) is 7.61. The third kappa shape index (κ3) is 1.75. The average molecular weight is 194 g/mol. The largest absolute Gasteiger partial charge is 0.390 e. The normalized spacial score (nSPS) is 20.4. The fourth-order valence-corrected chi connectivity index (χ4v) is 1.39. The lowest BCUT2D eigenvalue weighted by Gasteiger charge is -2.02. The van der Waals surface area contributed by atoms with E-state index < -0.39 is 0 Å². The van der Waals surface area contributed by atoms with Crippen molar-refractivity contribution in [3.8, 4) is 0 Å². The smallest absolute Gasteiger partial charge is 0.145 e. The van der Waals surface area contributed by atoms with Gasteiger partial charge in [0.1, 0.15) is 11.9 Å². The lowest BCUT2D eigenvalue weighted by atomic mass is 10.1. The van der Waals surface area contributed by atoms with Crippen molar-refractivity contribution >= 4 is 5.71 Å². The minimum atomic E-state index is -0.263. The molecule has 2 N–H and O–H groups in total. The van der Waals surface area contributed by atoms with Crippen molar-refractivity contribution in [1.82, 2.24) is 0 Å². The lowest BCUT2D eigenvalue weighted by Crippen LogP contribution is -2.20. The van der Waals surface area contributed by atoms with Crippen LogP contribution in [-0.2, 0) is 4.84 Å². The summed E-state index contributed by atoms with van der Waals surface area (Å²) in [5.74, 6) is -0.263. The molecule has 1 aliphatic rings. The van der Waals surface area contributed by atoms with Gasteiger partial charge in [0.15, 0.2) is 0 Å². The van der Waals surface area contributed by atoms with Crippen LogP contribution < -0.4 is 5.73 Å². The Bertz CT molecular complexity index is 365. The summed E-state index contributed by atoms with van der Waals surface area (Å²) < 4.78 is 12.9.